The zero-order chi connectivity index (χ0) is 13.2. The van der Waals surface area contributed by atoms with Gasteiger partial charge in [0.05, 0.1) is 18.1 Å². The van der Waals surface area contributed by atoms with Gasteiger partial charge in [0, 0.05) is 30.5 Å². The molecule has 2 N–H and O–H groups in total. The fourth-order valence-electron chi connectivity index (χ4n) is 1.93. The second kappa shape index (κ2) is 4.56. The van der Waals surface area contributed by atoms with Gasteiger partial charge in [-0.05, 0) is 18.2 Å². The molecule has 0 aliphatic rings. The van der Waals surface area contributed by atoms with Crippen molar-refractivity contribution in [3.8, 4) is 0 Å². The van der Waals surface area contributed by atoms with Gasteiger partial charge in [0.1, 0.15) is 5.82 Å². The molecule has 3 aromatic rings. The number of fused-ring (bicyclic) bond motifs is 1. The molecule has 2 heterocycles. The average Bonchev–Trinajstić information content (AvgIpc) is 2.98. The van der Waals surface area contributed by atoms with Crippen LogP contribution < -0.4 is 5.32 Å². The van der Waals surface area contributed by atoms with Crippen LogP contribution in [-0.4, -0.2) is 25.7 Å². The number of aromatic amines is 1. The van der Waals surface area contributed by atoms with Crippen LogP contribution in [0.4, 0.5) is 5.69 Å². The number of hydrogen-bond acceptors (Lipinski definition) is 3. The lowest BCUT2D eigenvalue weighted by Crippen LogP contribution is -2.16. The van der Waals surface area contributed by atoms with Crippen LogP contribution in [0.25, 0.3) is 10.9 Å². The van der Waals surface area contributed by atoms with Crippen LogP contribution in [0.2, 0.25) is 0 Å². The predicted octanol–water partition coefficient (Wildman–Crippen LogP) is 1.48. The summed E-state index contributed by atoms with van der Waals surface area (Å²) in [5, 5.41) is 10.7. The zero-order valence-electron chi connectivity index (χ0n) is 10.4. The molecule has 0 radical (unpaired) electrons. The van der Waals surface area contributed by atoms with E-state index < -0.39 is 0 Å². The number of hydrogen-bond donors (Lipinski definition) is 2. The van der Waals surface area contributed by atoms with Crippen LogP contribution in [0, 0.1) is 0 Å². The van der Waals surface area contributed by atoms with Crippen molar-refractivity contribution < 1.29 is 4.79 Å². The molecule has 3 rings (SSSR count). The Kier molecular flexibility index (Phi) is 2.75. The van der Waals surface area contributed by atoms with Gasteiger partial charge in [0.25, 0.3) is 0 Å². The summed E-state index contributed by atoms with van der Waals surface area (Å²) < 4.78 is 1.83. The summed E-state index contributed by atoms with van der Waals surface area (Å²) in [4.78, 5) is 16.0. The largest absolute Gasteiger partial charge is 0.338 e. The zero-order valence-corrected chi connectivity index (χ0v) is 10.4. The number of nitrogens with zero attached hydrogens (tertiary/aromatic N) is 3. The average molecular weight is 255 g/mol. The van der Waals surface area contributed by atoms with Gasteiger partial charge in [-0.2, -0.15) is 5.10 Å². The molecule has 0 unspecified atom stereocenters. The predicted molar refractivity (Wildman–Crippen MR) is 71.6 cm³/mol. The number of imidazole rings is 1. The van der Waals surface area contributed by atoms with Gasteiger partial charge in [-0.15, -0.1) is 0 Å². The lowest BCUT2D eigenvalue weighted by molar-refractivity contribution is -0.115. The van der Waals surface area contributed by atoms with Gasteiger partial charge in [-0.3, -0.25) is 9.89 Å². The van der Waals surface area contributed by atoms with Crippen LogP contribution in [0.1, 0.15) is 5.82 Å². The molecular weight excluding hydrogens is 242 g/mol. The van der Waals surface area contributed by atoms with Gasteiger partial charge in [-0.1, -0.05) is 0 Å². The third-order valence-electron chi connectivity index (χ3n) is 2.97. The van der Waals surface area contributed by atoms with Crippen molar-refractivity contribution in [2.24, 2.45) is 7.05 Å². The van der Waals surface area contributed by atoms with Crippen LogP contribution in [0.5, 0.6) is 0 Å². The first-order chi connectivity index (χ1) is 9.22. The molecule has 0 atom stereocenters. The molecule has 19 heavy (non-hydrogen) atoms. The summed E-state index contributed by atoms with van der Waals surface area (Å²) >= 11 is 0. The Morgan fingerprint density at radius 3 is 3.16 bits per heavy atom. The molecule has 1 amide bonds. The van der Waals surface area contributed by atoms with Gasteiger partial charge < -0.3 is 9.88 Å². The fraction of sp³-hybridized carbons (Fsp3) is 0.154. The summed E-state index contributed by atoms with van der Waals surface area (Å²) in [6, 6.07) is 5.63. The summed E-state index contributed by atoms with van der Waals surface area (Å²) in [6.07, 6.45) is 5.50. The molecule has 2 aromatic heterocycles. The smallest absolute Gasteiger partial charge is 0.231 e. The van der Waals surface area contributed by atoms with E-state index in [9.17, 15) is 4.79 Å². The Morgan fingerprint density at radius 1 is 1.47 bits per heavy atom. The van der Waals surface area contributed by atoms with Gasteiger partial charge in [0.15, 0.2) is 0 Å². The Labute approximate surface area is 109 Å². The molecule has 0 aliphatic carbocycles. The molecule has 0 saturated heterocycles. The number of benzene rings is 1. The minimum absolute atomic E-state index is 0.0897. The van der Waals surface area contributed by atoms with E-state index in [0.29, 0.717) is 0 Å². The normalized spacial score (nSPS) is 10.8. The van der Waals surface area contributed by atoms with E-state index in [0.717, 1.165) is 22.4 Å². The molecule has 6 nitrogen and oxygen atoms in total. The van der Waals surface area contributed by atoms with Crippen molar-refractivity contribution in [2.45, 2.75) is 6.42 Å². The van der Waals surface area contributed by atoms with E-state index in [-0.39, 0.29) is 12.3 Å². The quantitative estimate of drug-likeness (QED) is 0.744. The maximum absolute atomic E-state index is 11.9. The van der Waals surface area contributed by atoms with Crippen molar-refractivity contribution in [1.29, 1.82) is 0 Å². The van der Waals surface area contributed by atoms with Crippen LogP contribution >= 0.6 is 0 Å². The van der Waals surface area contributed by atoms with Crippen molar-refractivity contribution in [2.75, 3.05) is 5.32 Å². The molecular formula is C13H13N5O. The highest BCUT2D eigenvalue weighted by atomic mass is 16.1. The second-order valence-corrected chi connectivity index (χ2v) is 4.35. The molecule has 0 spiro atoms. The van der Waals surface area contributed by atoms with E-state index in [4.69, 9.17) is 0 Å². The number of carbonyl (C=O) groups is 1. The third-order valence-corrected chi connectivity index (χ3v) is 2.97. The molecule has 6 heteroatoms. The highest BCUT2D eigenvalue weighted by Crippen LogP contribution is 2.16. The first-order valence-corrected chi connectivity index (χ1v) is 5.91. The van der Waals surface area contributed by atoms with Gasteiger partial charge >= 0.3 is 0 Å². The molecule has 0 fully saturated rings. The highest BCUT2D eigenvalue weighted by Gasteiger charge is 2.08. The third kappa shape index (κ3) is 2.33. The number of amides is 1. The minimum Gasteiger partial charge on any atom is -0.338 e. The Morgan fingerprint density at radius 2 is 2.37 bits per heavy atom. The number of aryl methyl sites for hydroxylation is 1. The molecule has 0 saturated carbocycles. The summed E-state index contributed by atoms with van der Waals surface area (Å²) in [6.45, 7) is 0. The lowest BCUT2D eigenvalue weighted by Gasteiger charge is -2.05. The monoisotopic (exact) mass is 255 g/mol. The maximum atomic E-state index is 11.9. The van der Waals surface area contributed by atoms with Crippen molar-refractivity contribution in [3.05, 3.63) is 42.6 Å². The Hall–Kier alpha value is -2.63. The van der Waals surface area contributed by atoms with Crippen molar-refractivity contribution in [3.63, 3.8) is 0 Å². The van der Waals surface area contributed by atoms with Gasteiger partial charge in [-0.25, -0.2) is 4.98 Å². The highest BCUT2D eigenvalue weighted by molar-refractivity contribution is 5.94. The van der Waals surface area contributed by atoms with E-state index in [1.807, 2.05) is 36.0 Å². The number of anilines is 1. The number of rotatable bonds is 3. The summed E-state index contributed by atoms with van der Waals surface area (Å²) in [5.74, 6) is 0.647. The van der Waals surface area contributed by atoms with Crippen LogP contribution in [0.15, 0.2) is 36.8 Å². The van der Waals surface area contributed by atoms with Crippen molar-refractivity contribution in [1.82, 2.24) is 19.7 Å². The van der Waals surface area contributed by atoms with E-state index in [1.165, 1.54) is 0 Å². The summed E-state index contributed by atoms with van der Waals surface area (Å²) in [5.41, 5.74) is 1.64. The maximum Gasteiger partial charge on any atom is 0.231 e. The minimum atomic E-state index is -0.0897. The Balaban J connectivity index is 1.73. The topological polar surface area (TPSA) is 75.6 Å². The first-order valence-electron chi connectivity index (χ1n) is 5.91. The SMILES string of the molecule is Cn1ccnc1CC(=O)Nc1ccc2cn[nH]c2c1. The van der Waals surface area contributed by atoms with E-state index in [2.05, 4.69) is 20.5 Å². The van der Waals surface area contributed by atoms with E-state index in [1.54, 1.807) is 12.4 Å². The van der Waals surface area contributed by atoms with Crippen molar-refractivity contribution >= 4 is 22.5 Å². The lowest BCUT2D eigenvalue weighted by atomic mass is 10.2. The number of H-pyrrole nitrogens is 1. The number of aromatic nitrogens is 4. The number of nitrogens with one attached hydrogen (secondary N) is 2. The van der Waals surface area contributed by atoms with Crippen LogP contribution in [-0.2, 0) is 18.3 Å². The van der Waals surface area contributed by atoms with Crippen LogP contribution in [0.3, 0.4) is 0 Å². The summed E-state index contributed by atoms with van der Waals surface area (Å²) in [7, 11) is 1.87. The second-order valence-electron chi connectivity index (χ2n) is 4.35. The molecule has 96 valence electrons. The first kappa shape index (κ1) is 11.5. The molecule has 0 bridgehead atoms. The standard InChI is InChI=1S/C13H13N5O/c1-18-5-4-14-12(18)7-13(19)16-10-3-2-9-8-15-17-11(9)6-10/h2-6,8H,7H2,1H3,(H,15,17)(H,16,19). The molecule has 0 aliphatic heterocycles. The fourth-order valence-corrected chi connectivity index (χ4v) is 1.93. The Bertz CT molecular complexity index is 727. The molecule has 1 aromatic carbocycles. The number of carbonyl (C=O) groups excluding carboxylic acids is 1. The van der Waals surface area contributed by atoms with Gasteiger partial charge in [0.2, 0.25) is 5.91 Å². The van der Waals surface area contributed by atoms with E-state index >= 15 is 0 Å².